The molecule has 1 aromatic carbocycles. The van der Waals surface area contributed by atoms with E-state index in [0.29, 0.717) is 11.6 Å². The van der Waals surface area contributed by atoms with Crippen molar-refractivity contribution in [3.05, 3.63) is 35.0 Å². The van der Waals surface area contributed by atoms with E-state index in [-0.39, 0.29) is 11.4 Å². The minimum absolute atomic E-state index is 0.139. The van der Waals surface area contributed by atoms with E-state index in [0.717, 1.165) is 18.5 Å². The van der Waals surface area contributed by atoms with Crippen molar-refractivity contribution < 1.29 is 9.59 Å². The van der Waals surface area contributed by atoms with E-state index < -0.39 is 6.03 Å². The molecule has 2 N–H and O–H groups in total. The number of urea groups is 1. The maximum Gasteiger partial charge on any atom is 0.326 e. The molecule has 23 heavy (non-hydrogen) atoms. The minimum Gasteiger partial charge on any atom is -0.366 e. The molecule has 0 spiro atoms. The van der Waals surface area contributed by atoms with Crippen LogP contribution in [0.15, 0.2) is 23.9 Å². The second-order valence-corrected chi connectivity index (χ2v) is 6.95. The molecule has 0 aliphatic carbocycles. The molecule has 122 valence electrons. The van der Waals surface area contributed by atoms with Crippen molar-refractivity contribution >= 4 is 23.7 Å². The van der Waals surface area contributed by atoms with E-state index in [2.05, 4.69) is 55.4 Å². The van der Waals surface area contributed by atoms with Crippen LogP contribution in [0.3, 0.4) is 0 Å². The normalized spacial score (nSPS) is 24.4. The molecule has 1 aromatic rings. The molecule has 1 atom stereocenters. The Labute approximate surface area is 136 Å². The van der Waals surface area contributed by atoms with Gasteiger partial charge in [-0.1, -0.05) is 13.0 Å². The third kappa shape index (κ3) is 2.71. The van der Waals surface area contributed by atoms with Crippen LogP contribution in [0.5, 0.6) is 0 Å². The van der Waals surface area contributed by atoms with Crippen LogP contribution in [-0.2, 0) is 4.79 Å². The summed E-state index contributed by atoms with van der Waals surface area (Å²) < 4.78 is 0. The Morgan fingerprint density at radius 1 is 1.30 bits per heavy atom. The Hall–Kier alpha value is -2.30. The van der Waals surface area contributed by atoms with Crippen LogP contribution in [0.25, 0.3) is 6.08 Å². The molecule has 1 saturated heterocycles. The first-order valence-corrected chi connectivity index (χ1v) is 8.07. The highest BCUT2D eigenvalue weighted by atomic mass is 16.2. The lowest BCUT2D eigenvalue weighted by atomic mass is 9.79. The van der Waals surface area contributed by atoms with Crippen molar-refractivity contribution in [3.8, 4) is 0 Å². The molecule has 5 heteroatoms. The smallest absolute Gasteiger partial charge is 0.326 e. The van der Waals surface area contributed by atoms with Crippen LogP contribution in [0.1, 0.15) is 51.2 Å². The molecule has 5 nitrogen and oxygen atoms in total. The monoisotopic (exact) mass is 313 g/mol. The third-order valence-electron chi connectivity index (χ3n) is 4.76. The van der Waals surface area contributed by atoms with Gasteiger partial charge in [0.1, 0.15) is 5.70 Å². The largest absolute Gasteiger partial charge is 0.366 e. The van der Waals surface area contributed by atoms with Crippen LogP contribution in [-0.4, -0.2) is 24.0 Å². The van der Waals surface area contributed by atoms with E-state index in [1.54, 1.807) is 6.08 Å². The highest BCUT2D eigenvalue weighted by Gasteiger charge is 2.35. The summed E-state index contributed by atoms with van der Waals surface area (Å²) in [6, 6.07) is 5.78. The highest BCUT2D eigenvalue weighted by Crippen LogP contribution is 2.43. The molecule has 3 rings (SSSR count). The second kappa shape index (κ2) is 5.41. The number of benzene rings is 1. The summed E-state index contributed by atoms with van der Waals surface area (Å²) in [6.07, 6.45) is 2.81. The predicted octanol–water partition coefficient (Wildman–Crippen LogP) is 2.98. The molecule has 1 fully saturated rings. The van der Waals surface area contributed by atoms with Gasteiger partial charge < -0.3 is 10.2 Å². The van der Waals surface area contributed by atoms with Gasteiger partial charge in [0.15, 0.2) is 0 Å². The maximum absolute atomic E-state index is 11.7. The van der Waals surface area contributed by atoms with Crippen LogP contribution in [0.4, 0.5) is 10.5 Å². The number of amides is 3. The first-order chi connectivity index (χ1) is 10.8. The highest BCUT2D eigenvalue weighted by molar-refractivity contribution is 6.14. The SMILES string of the molecule is CCN1c2ccc(/C=C3/NC(=O)NC3=O)cc2[C@H](C)CC1(C)C. The molecule has 3 amide bonds. The topological polar surface area (TPSA) is 61.4 Å². The van der Waals surface area contributed by atoms with E-state index >= 15 is 0 Å². The molecule has 2 heterocycles. The molecule has 2 aliphatic heterocycles. The predicted molar refractivity (Wildman–Crippen MR) is 91.2 cm³/mol. The van der Waals surface area contributed by atoms with Gasteiger partial charge in [-0.15, -0.1) is 0 Å². The number of fused-ring (bicyclic) bond motifs is 1. The summed E-state index contributed by atoms with van der Waals surface area (Å²) >= 11 is 0. The number of rotatable bonds is 2. The van der Waals surface area contributed by atoms with Crippen LogP contribution in [0.2, 0.25) is 0 Å². The van der Waals surface area contributed by atoms with Gasteiger partial charge in [-0.05, 0) is 62.4 Å². The third-order valence-corrected chi connectivity index (χ3v) is 4.76. The minimum atomic E-state index is -0.466. The molecule has 0 bridgehead atoms. The summed E-state index contributed by atoms with van der Waals surface area (Å²) in [5.41, 5.74) is 3.92. The van der Waals surface area contributed by atoms with Crippen molar-refractivity contribution in [2.45, 2.75) is 45.6 Å². The number of hydrogen-bond acceptors (Lipinski definition) is 3. The van der Waals surface area contributed by atoms with Gasteiger partial charge in [0, 0.05) is 17.8 Å². The summed E-state index contributed by atoms with van der Waals surface area (Å²) in [4.78, 5) is 25.3. The number of imide groups is 1. The summed E-state index contributed by atoms with van der Waals surface area (Å²) in [5, 5.41) is 4.75. The van der Waals surface area contributed by atoms with Crippen LogP contribution < -0.4 is 15.5 Å². The molecular formula is C18H23N3O2. The van der Waals surface area contributed by atoms with Crippen molar-refractivity contribution in [2.75, 3.05) is 11.4 Å². The standard InChI is InChI=1S/C18H23N3O2/c1-5-21-15-7-6-12(9-14-16(22)20-17(23)19-14)8-13(15)11(2)10-18(21,3)4/h6-9,11H,5,10H2,1-4H3,(H2,19,20,22,23)/b14-9+/t11-/m1/s1. The van der Waals surface area contributed by atoms with Crippen LogP contribution >= 0.6 is 0 Å². The van der Waals surface area contributed by atoms with Gasteiger partial charge in [0.05, 0.1) is 0 Å². The van der Waals surface area contributed by atoms with Gasteiger partial charge >= 0.3 is 6.03 Å². The van der Waals surface area contributed by atoms with E-state index in [1.807, 2.05) is 6.07 Å². The van der Waals surface area contributed by atoms with E-state index in [4.69, 9.17) is 0 Å². The van der Waals surface area contributed by atoms with Gasteiger partial charge in [-0.25, -0.2) is 4.79 Å². The van der Waals surface area contributed by atoms with Gasteiger partial charge in [0.25, 0.3) is 5.91 Å². The zero-order valence-electron chi connectivity index (χ0n) is 14.1. The fourth-order valence-electron chi connectivity index (χ4n) is 3.85. The van der Waals surface area contributed by atoms with Crippen molar-refractivity contribution in [1.29, 1.82) is 0 Å². The quantitative estimate of drug-likeness (QED) is 0.652. The van der Waals surface area contributed by atoms with Gasteiger partial charge in [-0.3, -0.25) is 10.1 Å². The van der Waals surface area contributed by atoms with Crippen molar-refractivity contribution in [3.63, 3.8) is 0 Å². The fraction of sp³-hybridized carbons (Fsp3) is 0.444. The number of nitrogens with zero attached hydrogens (tertiary/aromatic N) is 1. The Bertz CT molecular complexity index is 706. The van der Waals surface area contributed by atoms with E-state index in [1.165, 1.54) is 11.3 Å². The maximum atomic E-state index is 11.7. The second-order valence-electron chi connectivity index (χ2n) is 6.95. The average molecular weight is 313 g/mol. The Balaban J connectivity index is 2.00. The number of nitrogens with one attached hydrogen (secondary N) is 2. The van der Waals surface area contributed by atoms with Gasteiger partial charge in [-0.2, -0.15) is 0 Å². The Morgan fingerprint density at radius 2 is 2.04 bits per heavy atom. The lowest BCUT2D eigenvalue weighted by Crippen LogP contribution is -2.48. The van der Waals surface area contributed by atoms with E-state index in [9.17, 15) is 9.59 Å². The Kier molecular flexibility index (Phi) is 3.66. The number of anilines is 1. The molecule has 0 aromatic heterocycles. The average Bonchev–Trinajstić information content (AvgIpc) is 2.77. The molecule has 0 saturated carbocycles. The molecule has 0 radical (unpaired) electrons. The number of carbonyl (C=O) groups is 2. The lowest BCUT2D eigenvalue weighted by molar-refractivity contribution is -0.115. The van der Waals surface area contributed by atoms with Crippen molar-refractivity contribution in [2.24, 2.45) is 0 Å². The zero-order valence-corrected chi connectivity index (χ0v) is 14.1. The number of carbonyl (C=O) groups excluding carboxylic acids is 2. The first-order valence-electron chi connectivity index (χ1n) is 8.07. The first kappa shape index (κ1) is 15.6. The Morgan fingerprint density at radius 3 is 2.65 bits per heavy atom. The van der Waals surface area contributed by atoms with Crippen LogP contribution in [0, 0.1) is 0 Å². The molecule has 0 unspecified atom stereocenters. The fourth-order valence-corrected chi connectivity index (χ4v) is 3.85. The molecular weight excluding hydrogens is 290 g/mol. The summed E-state index contributed by atoms with van der Waals surface area (Å²) in [6.45, 7) is 9.95. The lowest BCUT2D eigenvalue weighted by Gasteiger charge is -2.47. The molecule has 2 aliphatic rings. The van der Waals surface area contributed by atoms with Gasteiger partial charge in [0.2, 0.25) is 0 Å². The number of hydrogen-bond donors (Lipinski definition) is 2. The zero-order chi connectivity index (χ0) is 16.8. The summed E-state index contributed by atoms with van der Waals surface area (Å²) in [7, 11) is 0. The summed E-state index contributed by atoms with van der Waals surface area (Å²) in [5.74, 6) is 0.0743. The van der Waals surface area contributed by atoms with Crippen molar-refractivity contribution in [1.82, 2.24) is 10.6 Å².